The first-order chi connectivity index (χ1) is 10.5. The van der Waals surface area contributed by atoms with Gasteiger partial charge in [0.15, 0.2) is 5.76 Å². The number of amides is 2. The molecule has 1 heterocycles. The summed E-state index contributed by atoms with van der Waals surface area (Å²) in [6.45, 7) is 1.94. The molecule has 1 N–H and O–H groups in total. The molecule has 0 unspecified atom stereocenters. The van der Waals surface area contributed by atoms with Gasteiger partial charge in [-0.3, -0.25) is 9.59 Å². The number of nitrogens with zero attached hydrogens (tertiary/aromatic N) is 1. The normalized spacial score (nSPS) is 10.3. The van der Waals surface area contributed by atoms with E-state index < -0.39 is 0 Å². The standard InChI is InChI=1S/C15H14Cl2N2O3/c1-10(20)19(12-5-2-4-11(16)14(12)17)8-7-18-15(21)13-6-3-9-22-13/h2-6,9H,7-8H2,1H3,(H,18,21). The summed E-state index contributed by atoms with van der Waals surface area (Å²) in [7, 11) is 0. The van der Waals surface area contributed by atoms with Crippen molar-refractivity contribution in [2.75, 3.05) is 18.0 Å². The SMILES string of the molecule is CC(=O)N(CCNC(=O)c1ccco1)c1cccc(Cl)c1Cl. The molecule has 22 heavy (non-hydrogen) atoms. The number of carbonyl (C=O) groups excluding carboxylic acids is 2. The van der Waals surface area contributed by atoms with Gasteiger partial charge in [0.05, 0.1) is 22.0 Å². The Bertz CT molecular complexity index is 671. The van der Waals surface area contributed by atoms with Crippen molar-refractivity contribution in [3.63, 3.8) is 0 Å². The molecule has 5 nitrogen and oxygen atoms in total. The Morgan fingerprint density at radius 3 is 2.64 bits per heavy atom. The lowest BCUT2D eigenvalue weighted by Gasteiger charge is -2.22. The maximum Gasteiger partial charge on any atom is 0.287 e. The Morgan fingerprint density at radius 1 is 1.23 bits per heavy atom. The van der Waals surface area contributed by atoms with Gasteiger partial charge in [0.1, 0.15) is 0 Å². The average Bonchev–Trinajstić information content (AvgIpc) is 3.01. The first-order valence-corrected chi connectivity index (χ1v) is 7.30. The van der Waals surface area contributed by atoms with Crippen LogP contribution in [0.4, 0.5) is 5.69 Å². The second-order valence-corrected chi connectivity index (χ2v) is 5.26. The zero-order valence-corrected chi connectivity index (χ0v) is 13.3. The number of hydrogen-bond donors (Lipinski definition) is 1. The van der Waals surface area contributed by atoms with Gasteiger partial charge in [0, 0.05) is 20.0 Å². The maximum absolute atomic E-state index is 11.8. The van der Waals surface area contributed by atoms with Gasteiger partial charge in [-0.25, -0.2) is 0 Å². The summed E-state index contributed by atoms with van der Waals surface area (Å²) in [6.07, 6.45) is 1.42. The maximum atomic E-state index is 11.8. The van der Waals surface area contributed by atoms with E-state index in [0.717, 1.165) is 0 Å². The first kappa shape index (κ1) is 16.4. The van der Waals surface area contributed by atoms with E-state index in [9.17, 15) is 9.59 Å². The highest BCUT2D eigenvalue weighted by Crippen LogP contribution is 2.32. The minimum absolute atomic E-state index is 0.198. The molecule has 7 heteroatoms. The summed E-state index contributed by atoms with van der Waals surface area (Å²) >= 11 is 12.1. The Hall–Kier alpha value is -1.98. The second kappa shape index (κ2) is 7.33. The van der Waals surface area contributed by atoms with Gasteiger partial charge in [-0.05, 0) is 24.3 Å². The summed E-state index contributed by atoms with van der Waals surface area (Å²) in [5.41, 5.74) is 0.508. The van der Waals surface area contributed by atoms with Crippen molar-refractivity contribution >= 4 is 40.7 Å². The lowest BCUT2D eigenvalue weighted by molar-refractivity contribution is -0.116. The third-order valence-electron chi connectivity index (χ3n) is 2.97. The monoisotopic (exact) mass is 340 g/mol. The number of halogens is 2. The molecule has 2 aromatic rings. The predicted molar refractivity (Wildman–Crippen MR) is 85.5 cm³/mol. The molecule has 0 saturated carbocycles. The van der Waals surface area contributed by atoms with E-state index in [-0.39, 0.29) is 30.7 Å². The van der Waals surface area contributed by atoms with Crippen LogP contribution in [0.1, 0.15) is 17.5 Å². The second-order valence-electron chi connectivity index (χ2n) is 4.48. The van der Waals surface area contributed by atoms with Gasteiger partial charge >= 0.3 is 0 Å². The van der Waals surface area contributed by atoms with Gasteiger partial charge in [-0.15, -0.1) is 0 Å². The Labute approximate surface area is 137 Å². The molecule has 1 aromatic carbocycles. The quantitative estimate of drug-likeness (QED) is 0.907. The van der Waals surface area contributed by atoms with E-state index in [1.165, 1.54) is 18.1 Å². The molecule has 0 aliphatic rings. The Kier molecular flexibility index (Phi) is 5.46. The van der Waals surface area contributed by atoms with Crippen LogP contribution in [0.5, 0.6) is 0 Å². The number of hydrogen-bond acceptors (Lipinski definition) is 3. The zero-order valence-electron chi connectivity index (χ0n) is 11.8. The molecule has 0 aliphatic heterocycles. The van der Waals surface area contributed by atoms with Crippen molar-refractivity contribution in [3.05, 3.63) is 52.4 Å². The van der Waals surface area contributed by atoms with Crippen LogP contribution in [-0.2, 0) is 4.79 Å². The predicted octanol–water partition coefficient (Wildman–Crippen LogP) is 3.37. The highest BCUT2D eigenvalue weighted by molar-refractivity contribution is 6.44. The molecule has 0 fully saturated rings. The Balaban J connectivity index is 2.02. The summed E-state index contributed by atoms with van der Waals surface area (Å²) in [6, 6.07) is 8.24. The van der Waals surface area contributed by atoms with Crippen LogP contribution < -0.4 is 10.2 Å². The zero-order chi connectivity index (χ0) is 16.1. The first-order valence-electron chi connectivity index (χ1n) is 6.54. The van der Waals surface area contributed by atoms with Gasteiger partial charge in [0.25, 0.3) is 5.91 Å². The highest BCUT2D eigenvalue weighted by Gasteiger charge is 2.17. The van der Waals surface area contributed by atoms with E-state index >= 15 is 0 Å². The lowest BCUT2D eigenvalue weighted by atomic mass is 10.2. The molecule has 0 bridgehead atoms. The van der Waals surface area contributed by atoms with Crippen molar-refractivity contribution in [1.29, 1.82) is 0 Å². The summed E-state index contributed by atoms with van der Waals surface area (Å²) in [4.78, 5) is 25.0. The molecular weight excluding hydrogens is 327 g/mol. The summed E-state index contributed by atoms with van der Waals surface area (Å²) < 4.78 is 4.99. The van der Waals surface area contributed by atoms with Crippen LogP contribution in [-0.4, -0.2) is 24.9 Å². The van der Waals surface area contributed by atoms with Crippen molar-refractivity contribution < 1.29 is 14.0 Å². The molecule has 0 spiro atoms. The molecule has 2 rings (SSSR count). The van der Waals surface area contributed by atoms with Crippen LogP contribution in [0.25, 0.3) is 0 Å². The van der Waals surface area contributed by atoms with Gasteiger partial charge < -0.3 is 14.6 Å². The minimum Gasteiger partial charge on any atom is -0.459 e. The lowest BCUT2D eigenvalue weighted by Crippen LogP contribution is -2.37. The van der Waals surface area contributed by atoms with Crippen molar-refractivity contribution in [1.82, 2.24) is 5.32 Å². The van der Waals surface area contributed by atoms with E-state index in [0.29, 0.717) is 15.7 Å². The summed E-state index contributed by atoms with van der Waals surface area (Å²) in [5.74, 6) is -0.322. The average molecular weight is 341 g/mol. The topological polar surface area (TPSA) is 62.6 Å². The number of carbonyl (C=O) groups is 2. The van der Waals surface area contributed by atoms with Crippen LogP contribution in [0, 0.1) is 0 Å². The largest absolute Gasteiger partial charge is 0.459 e. The van der Waals surface area contributed by atoms with E-state index in [1.807, 2.05) is 0 Å². The van der Waals surface area contributed by atoms with Crippen molar-refractivity contribution in [2.24, 2.45) is 0 Å². The van der Waals surface area contributed by atoms with Gasteiger partial charge in [-0.2, -0.15) is 0 Å². The third kappa shape index (κ3) is 3.81. The van der Waals surface area contributed by atoms with E-state index in [2.05, 4.69) is 5.32 Å². The number of rotatable bonds is 5. The van der Waals surface area contributed by atoms with Gasteiger partial charge in [-0.1, -0.05) is 29.3 Å². The van der Waals surface area contributed by atoms with Crippen molar-refractivity contribution in [2.45, 2.75) is 6.92 Å². The molecule has 0 saturated heterocycles. The molecule has 116 valence electrons. The fraction of sp³-hybridized carbons (Fsp3) is 0.200. The third-order valence-corrected chi connectivity index (χ3v) is 3.78. The molecule has 2 amide bonds. The van der Waals surface area contributed by atoms with Crippen LogP contribution in [0.2, 0.25) is 10.0 Å². The number of anilines is 1. The molecule has 0 atom stereocenters. The minimum atomic E-state index is -0.342. The van der Waals surface area contributed by atoms with Crippen LogP contribution in [0.3, 0.4) is 0 Å². The number of furan rings is 1. The van der Waals surface area contributed by atoms with Crippen LogP contribution in [0.15, 0.2) is 41.0 Å². The van der Waals surface area contributed by atoms with E-state index in [4.69, 9.17) is 27.6 Å². The summed E-state index contributed by atoms with van der Waals surface area (Å²) in [5, 5.41) is 3.34. The van der Waals surface area contributed by atoms with Crippen LogP contribution >= 0.6 is 23.2 Å². The number of benzene rings is 1. The van der Waals surface area contributed by atoms with Gasteiger partial charge in [0.2, 0.25) is 5.91 Å². The molecule has 0 radical (unpaired) electrons. The molecule has 1 aromatic heterocycles. The van der Waals surface area contributed by atoms with Crippen molar-refractivity contribution in [3.8, 4) is 0 Å². The fourth-order valence-electron chi connectivity index (χ4n) is 1.92. The Morgan fingerprint density at radius 2 is 2.00 bits per heavy atom. The number of nitrogens with one attached hydrogen (secondary N) is 1. The van der Waals surface area contributed by atoms with E-state index in [1.54, 1.807) is 30.3 Å². The smallest absolute Gasteiger partial charge is 0.287 e. The highest BCUT2D eigenvalue weighted by atomic mass is 35.5. The molecule has 0 aliphatic carbocycles. The fourth-order valence-corrected chi connectivity index (χ4v) is 2.32. The molecular formula is C15H14Cl2N2O3.